The number of hydrogen-bond acceptors (Lipinski definition) is 6. The normalized spacial score (nSPS) is 11.2. The van der Waals surface area contributed by atoms with Gasteiger partial charge in [-0.2, -0.15) is 4.98 Å². The van der Waals surface area contributed by atoms with Gasteiger partial charge in [-0.15, -0.1) is 10.2 Å². The predicted molar refractivity (Wildman–Crippen MR) is 94.4 cm³/mol. The van der Waals surface area contributed by atoms with Crippen molar-refractivity contribution in [2.24, 2.45) is 0 Å². The summed E-state index contributed by atoms with van der Waals surface area (Å²) in [6.07, 6.45) is 0. The molecule has 0 aliphatic heterocycles. The van der Waals surface area contributed by atoms with Crippen LogP contribution in [0.4, 0.5) is 0 Å². The number of methoxy groups -OCH3 is 2. The summed E-state index contributed by atoms with van der Waals surface area (Å²) >= 11 is 6.50. The molecule has 0 saturated carbocycles. The van der Waals surface area contributed by atoms with E-state index in [1.165, 1.54) is 0 Å². The highest BCUT2D eigenvalue weighted by molar-refractivity contribution is 6.34. The van der Waals surface area contributed by atoms with Gasteiger partial charge in [0.1, 0.15) is 17.1 Å². The number of imidazole rings is 1. The first-order valence-corrected chi connectivity index (χ1v) is 7.91. The Bertz CT molecular complexity index is 1110. The maximum Gasteiger partial charge on any atom is 0.215 e. The van der Waals surface area contributed by atoms with Gasteiger partial charge in [0.25, 0.3) is 0 Å². The average molecular weight is 356 g/mol. The third-order valence-corrected chi connectivity index (χ3v) is 4.34. The molecule has 0 radical (unpaired) electrons. The summed E-state index contributed by atoms with van der Waals surface area (Å²) in [5.74, 6) is 1.68. The van der Waals surface area contributed by atoms with Crippen molar-refractivity contribution in [1.29, 1.82) is 0 Å². The number of pyridine rings is 1. The number of ether oxygens (including phenoxy) is 2. The van der Waals surface area contributed by atoms with Gasteiger partial charge in [-0.3, -0.25) is 4.40 Å². The zero-order chi connectivity index (χ0) is 17.6. The Kier molecular flexibility index (Phi) is 3.65. The molecule has 0 aliphatic carbocycles. The minimum Gasteiger partial charge on any atom is -0.495 e. The van der Waals surface area contributed by atoms with Gasteiger partial charge in [0.2, 0.25) is 5.88 Å². The van der Waals surface area contributed by atoms with Crippen LogP contribution in [-0.2, 0) is 0 Å². The standard InChI is InChI=1S/C17H14ClN5O2/c1-9-15-22-21-11-7-8-13(25-3)20-17(11)23(15)16(19-9)10-5-4-6-12(24-2)14(10)18/h4-8H,1-3H3. The van der Waals surface area contributed by atoms with Gasteiger partial charge in [0, 0.05) is 11.6 Å². The average Bonchev–Trinajstić information content (AvgIpc) is 2.98. The van der Waals surface area contributed by atoms with Crippen molar-refractivity contribution in [1.82, 2.24) is 24.6 Å². The van der Waals surface area contributed by atoms with E-state index in [-0.39, 0.29) is 0 Å². The Morgan fingerprint density at radius 1 is 0.960 bits per heavy atom. The largest absolute Gasteiger partial charge is 0.495 e. The Labute approximate surface area is 148 Å². The molecule has 3 heterocycles. The summed E-state index contributed by atoms with van der Waals surface area (Å²) in [5, 5.41) is 8.98. The predicted octanol–water partition coefficient (Wildman–Crippen LogP) is 3.32. The summed E-state index contributed by atoms with van der Waals surface area (Å²) in [7, 11) is 3.15. The second-order valence-corrected chi connectivity index (χ2v) is 5.78. The van der Waals surface area contributed by atoms with Crippen molar-refractivity contribution in [3.05, 3.63) is 41.0 Å². The Morgan fingerprint density at radius 3 is 2.56 bits per heavy atom. The van der Waals surface area contributed by atoms with E-state index in [2.05, 4.69) is 20.2 Å². The molecule has 0 N–H and O–H groups in total. The number of hydrogen-bond donors (Lipinski definition) is 0. The summed E-state index contributed by atoms with van der Waals surface area (Å²) in [4.78, 5) is 9.16. The second kappa shape index (κ2) is 5.86. The lowest BCUT2D eigenvalue weighted by Crippen LogP contribution is -2.01. The van der Waals surface area contributed by atoms with Crippen LogP contribution < -0.4 is 9.47 Å². The first-order chi connectivity index (χ1) is 12.1. The van der Waals surface area contributed by atoms with Gasteiger partial charge in [-0.05, 0) is 25.1 Å². The monoisotopic (exact) mass is 355 g/mol. The zero-order valence-electron chi connectivity index (χ0n) is 13.8. The van der Waals surface area contributed by atoms with Gasteiger partial charge >= 0.3 is 0 Å². The topological polar surface area (TPSA) is 74.4 Å². The van der Waals surface area contributed by atoms with Crippen LogP contribution in [0.5, 0.6) is 11.6 Å². The van der Waals surface area contributed by atoms with Crippen molar-refractivity contribution in [3.63, 3.8) is 0 Å². The third-order valence-electron chi connectivity index (χ3n) is 3.95. The number of fused-ring (bicyclic) bond motifs is 3. The van der Waals surface area contributed by atoms with Crippen LogP contribution in [0, 0.1) is 6.92 Å². The Morgan fingerprint density at radius 2 is 1.80 bits per heavy atom. The van der Waals surface area contributed by atoms with E-state index in [4.69, 9.17) is 21.1 Å². The Balaban J connectivity index is 2.13. The number of aromatic nitrogens is 5. The van der Waals surface area contributed by atoms with Crippen molar-refractivity contribution in [2.75, 3.05) is 14.2 Å². The van der Waals surface area contributed by atoms with Gasteiger partial charge in [0.15, 0.2) is 11.3 Å². The molecule has 1 aromatic carbocycles. The maximum absolute atomic E-state index is 6.50. The molecule has 0 aliphatic rings. The molecule has 0 atom stereocenters. The fourth-order valence-corrected chi connectivity index (χ4v) is 3.03. The minimum absolute atomic E-state index is 0.477. The van der Waals surface area contributed by atoms with E-state index in [1.54, 1.807) is 32.4 Å². The summed E-state index contributed by atoms with van der Waals surface area (Å²) < 4.78 is 12.4. The highest BCUT2D eigenvalue weighted by atomic mass is 35.5. The number of rotatable bonds is 3. The minimum atomic E-state index is 0.477. The second-order valence-electron chi connectivity index (χ2n) is 5.40. The molecule has 4 rings (SSSR count). The fraction of sp³-hybridized carbons (Fsp3) is 0.176. The molecular weight excluding hydrogens is 342 g/mol. The first-order valence-electron chi connectivity index (χ1n) is 7.53. The Hall–Kier alpha value is -2.93. The lowest BCUT2D eigenvalue weighted by atomic mass is 10.2. The molecule has 0 amide bonds. The van der Waals surface area contributed by atoms with Gasteiger partial charge in [-0.1, -0.05) is 17.7 Å². The van der Waals surface area contributed by atoms with Crippen LogP contribution in [0.1, 0.15) is 5.69 Å². The van der Waals surface area contributed by atoms with E-state index in [0.29, 0.717) is 39.3 Å². The van der Waals surface area contributed by atoms with E-state index in [9.17, 15) is 0 Å². The molecule has 0 bridgehead atoms. The number of aryl methyl sites for hydroxylation is 1. The van der Waals surface area contributed by atoms with Crippen LogP contribution in [0.3, 0.4) is 0 Å². The van der Waals surface area contributed by atoms with E-state index in [1.807, 2.05) is 23.5 Å². The summed E-state index contributed by atoms with van der Waals surface area (Å²) in [5.41, 5.74) is 3.29. The SMILES string of the molecule is COc1ccc2nnc3c(C)nc(-c4cccc(OC)c4Cl)n3c2n1. The van der Waals surface area contributed by atoms with Gasteiger partial charge in [0.05, 0.1) is 24.9 Å². The molecule has 7 nitrogen and oxygen atoms in total. The maximum atomic E-state index is 6.50. The quantitative estimate of drug-likeness (QED) is 0.561. The number of nitrogens with zero attached hydrogens (tertiary/aromatic N) is 5. The van der Waals surface area contributed by atoms with Crippen molar-refractivity contribution < 1.29 is 9.47 Å². The zero-order valence-corrected chi connectivity index (χ0v) is 14.6. The number of benzene rings is 1. The lowest BCUT2D eigenvalue weighted by molar-refractivity contribution is 0.399. The first kappa shape index (κ1) is 15.6. The lowest BCUT2D eigenvalue weighted by Gasteiger charge is -2.09. The molecule has 8 heteroatoms. The van der Waals surface area contributed by atoms with Crippen molar-refractivity contribution >= 4 is 28.4 Å². The smallest absolute Gasteiger partial charge is 0.215 e. The van der Waals surface area contributed by atoms with E-state index in [0.717, 1.165) is 11.3 Å². The molecular formula is C17H14ClN5O2. The summed E-state index contributed by atoms with van der Waals surface area (Å²) in [6, 6.07) is 9.09. The molecule has 0 fully saturated rings. The highest BCUT2D eigenvalue weighted by Gasteiger charge is 2.19. The van der Waals surface area contributed by atoms with E-state index < -0.39 is 0 Å². The van der Waals surface area contributed by atoms with Crippen LogP contribution in [0.15, 0.2) is 30.3 Å². The number of halogens is 1. The molecule has 0 spiro atoms. The molecule has 126 valence electrons. The van der Waals surface area contributed by atoms with Crippen LogP contribution in [-0.4, -0.2) is 38.8 Å². The molecule has 25 heavy (non-hydrogen) atoms. The van der Waals surface area contributed by atoms with E-state index >= 15 is 0 Å². The fourth-order valence-electron chi connectivity index (χ4n) is 2.74. The van der Waals surface area contributed by atoms with Crippen LogP contribution in [0.2, 0.25) is 5.02 Å². The summed E-state index contributed by atoms with van der Waals surface area (Å²) in [6.45, 7) is 1.87. The van der Waals surface area contributed by atoms with Crippen LogP contribution in [0.25, 0.3) is 28.2 Å². The van der Waals surface area contributed by atoms with Gasteiger partial charge < -0.3 is 9.47 Å². The molecule has 0 saturated heterocycles. The van der Waals surface area contributed by atoms with Gasteiger partial charge in [-0.25, -0.2) is 4.98 Å². The van der Waals surface area contributed by atoms with Crippen molar-refractivity contribution in [3.8, 4) is 23.0 Å². The highest BCUT2D eigenvalue weighted by Crippen LogP contribution is 2.35. The molecule has 3 aromatic heterocycles. The molecule has 4 aromatic rings. The third kappa shape index (κ3) is 2.35. The van der Waals surface area contributed by atoms with Crippen LogP contribution >= 0.6 is 11.6 Å². The molecule has 0 unspecified atom stereocenters. The van der Waals surface area contributed by atoms with Crippen molar-refractivity contribution in [2.45, 2.75) is 6.92 Å².